The number of azo groups is 1. The van der Waals surface area contributed by atoms with Gasteiger partial charge in [0.2, 0.25) is 0 Å². The molecule has 0 fully saturated rings. The largest absolute Gasteiger partial charge is 0.466 e. The van der Waals surface area contributed by atoms with Crippen molar-refractivity contribution in [1.29, 1.82) is 5.26 Å². The fraction of sp³-hybridized carbons (Fsp3) is 0.857. The topological polar surface area (TPSA) is 74.8 Å². The van der Waals surface area contributed by atoms with E-state index in [1.807, 2.05) is 27.7 Å². The average molecular weight is 267 g/mol. The van der Waals surface area contributed by atoms with E-state index in [9.17, 15) is 4.79 Å². The Morgan fingerprint density at radius 2 is 1.89 bits per heavy atom. The van der Waals surface area contributed by atoms with Crippen molar-refractivity contribution in [2.24, 2.45) is 10.2 Å². The molecule has 0 aromatic carbocycles. The minimum Gasteiger partial charge on any atom is -0.466 e. The van der Waals surface area contributed by atoms with E-state index >= 15 is 0 Å². The molecule has 0 aliphatic heterocycles. The van der Waals surface area contributed by atoms with E-state index in [1.165, 1.54) is 0 Å². The van der Waals surface area contributed by atoms with E-state index in [-0.39, 0.29) is 17.9 Å². The van der Waals surface area contributed by atoms with Crippen molar-refractivity contribution in [1.82, 2.24) is 0 Å². The number of rotatable bonds is 7. The lowest BCUT2D eigenvalue weighted by Crippen LogP contribution is -2.22. The SMILES string of the molecule is CCCCOC(=O)CCC(C)(C#N)/N=N/C(C)(C)C. The van der Waals surface area contributed by atoms with Gasteiger partial charge in [-0.1, -0.05) is 13.3 Å². The Morgan fingerprint density at radius 1 is 1.26 bits per heavy atom. The van der Waals surface area contributed by atoms with Gasteiger partial charge in [0.15, 0.2) is 5.54 Å². The first-order valence-corrected chi connectivity index (χ1v) is 6.73. The van der Waals surface area contributed by atoms with Crippen molar-refractivity contribution in [2.45, 2.75) is 71.4 Å². The molecule has 0 saturated heterocycles. The van der Waals surface area contributed by atoms with Crippen LogP contribution in [-0.4, -0.2) is 23.7 Å². The van der Waals surface area contributed by atoms with E-state index in [4.69, 9.17) is 10.00 Å². The first-order valence-electron chi connectivity index (χ1n) is 6.73. The van der Waals surface area contributed by atoms with Crippen molar-refractivity contribution in [3.8, 4) is 6.07 Å². The van der Waals surface area contributed by atoms with Gasteiger partial charge in [-0.3, -0.25) is 4.79 Å². The lowest BCUT2D eigenvalue weighted by molar-refractivity contribution is -0.144. The van der Waals surface area contributed by atoms with Crippen LogP contribution in [0.3, 0.4) is 0 Å². The number of ether oxygens (including phenoxy) is 1. The minimum absolute atomic E-state index is 0.191. The molecular formula is C14H25N3O2. The van der Waals surface area contributed by atoms with E-state index in [2.05, 4.69) is 16.3 Å². The van der Waals surface area contributed by atoms with E-state index in [1.54, 1.807) is 6.92 Å². The summed E-state index contributed by atoms with van der Waals surface area (Å²) in [7, 11) is 0. The van der Waals surface area contributed by atoms with Crippen molar-refractivity contribution >= 4 is 5.97 Å². The molecule has 108 valence electrons. The summed E-state index contributed by atoms with van der Waals surface area (Å²) in [5.74, 6) is -0.277. The minimum atomic E-state index is -0.961. The predicted octanol–water partition coefficient (Wildman–Crippen LogP) is 3.64. The number of hydrogen-bond acceptors (Lipinski definition) is 5. The first-order chi connectivity index (χ1) is 8.72. The third-order valence-corrected chi connectivity index (χ3v) is 2.39. The number of nitriles is 1. The molecule has 0 aliphatic carbocycles. The number of unbranched alkanes of at least 4 members (excludes halogenated alkanes) is 1. The van der Waals surface area contributed by atoms with Crippen molar-refractivity contribution in [3.63, 3.8) is 0 Å². The highest BCUT2D eigenvalue weighted by atomic mass is 16.5. The van der Waals surface area contributed by atoms with Crippen LogP contribution in [0.1, 0.15) is 60.3 Å². The number of esters is 1. The highest BCUT2D eigenvalue weighted by Crippen LogP contribution is 2.20. The molecule has 0 bridgehead atoms. The van der Waals surface area contributed by atoms with Gasteiger partial charge in [-0.25, -0.2) is 0 Å². The molecular weight excluding hydrogens is 242 g/mol. The van der Waals surface area contributed by atoms with Crippen LogP contribution >= 0.6 is 0 Å². The molecule has 0 heterocycles. The van der Waals surface area contributed by atoms with Gasteiger partial charge < -0.3 is 4.74 Å². The molecule has 0 amide bonds. The Morgan fingerprint density at radius 3 is 2.37 bits per heavy atom. The lowest BCUT2D eigenvalue weighted by atomic mass is 9.99. The number of hydrogen-bond donors (Lipinski definition) is 0. The normalized spacial score (nSPS) is 14.9. The zero-order chi connectivity index (χ0) is 14.9. The van der Waals surface area contributed by atoms with Gasteiger partial charge in [0.1, 0.15) is 0 Å². The third kappa shape index (κ3) is 9.18. The molecule has 5 heteroatoms. The van der Waals surface area contributed by atoms with Crippen LogP contribution in [0.4, 0.5) is 0 Å². The molecule has 1 unspecified atom stereocenters. The summed E-state index contributed by atoms with van der Waals surface area (Å²) in [6.07, 6.45) is 2.37. The second-order valence-electron chi connectivity index (χ2n) is 5.83. The smallest absolute Gasteiger partial charge is 0.305 e. The van der Waals surface area contributed by atoms with Gasteiger partial charge in [0, 0.05) is 6.42 Å². The van der Waals surface area contributed by atoms with Gasteiger partial charge in [-0.05, 0) is 40.5 Å². The fourth-order valence-electron chi connectivity index (χ4n) is 1.14. The summed E-state index contributed by atoms with van der Waals surface area (Å²) in [5, 5.41) is 17.3. The van der Waals surface area contributed by atoms with Gasteiger partial charge in [0.25, 0.3) is 0 Å². The highest BCUT2D eigenvalue weighted by molar-refractivity contribution is 5.69. The second-order valence-corrected chi connectivity index (χ2v) is 5.83. The van der Waals surface area contributed by atoms with Crippen LogP contribution in [0.5, 0.6) is 0 Å². The summed E-state index contributed by atoms with van der Waals surface area (Å²) >= 11 is 0. The van der Waals surface area contributed by atoms with Crippen molar-refractivity contribution in [3.05, 3.63) is 0 Å². The van der Waals surface area contributed by atoms with Crippen LogP contribution < -0.4 is 0 Å². The molecule has 0 aromatic rings. The van der Waals surface area contributed by atoms with Gasteiger partial charge in [0.05, 0.1) is 18.2 Å². The summed E-state index contributed by atoms with van der Waals surface area (Å²) in [6.45, 7) is 9.89. The number of carbonyl (C=O) groups is 1. The summed E-state index contributed by atoms with van der Waals surface area (Å²) < 4.78 is 5.05. The molecule has 0 spiro atoms. The van der Waals surface area contributed by atoms with Crippen molar-refractivity contribution < 1.29 is 9.53 Å². The monoisotopic (exact) mass is 267 g/mol. The number of nitrogens with zero attached hydrogens (tertiary/aromatic N) is 3. The molecule has 1 atom stereocenters. The highest BCUT2D eigenvalue weighted by Gasteiger charge is 2.25. The molecule has 0 aromatic heterocycles. The van der Waals surface area contributed by atoms with Gasteiger partial charge >= 0.3 is 5.97 Å². The van der Waals surface area contributed by atoms with E-state index in [0.29, 0.717) is 13.0 Å². The Bertz CT molecular complexity index is 353. The Labute approximate surface area is 116 Å². The molecule has 0 saturated carbocycles. The molecule has 5 nitrogen and oxygen atoms in total. The predicted molar refractivity (Wildman–Crippen MR) is 73.7 cm³/mol. The second kappa shape index (κ2) is 7.88. The van der Waals surface area contributed by atoms with Gasteiger partial charge in [-0.15, -0.1) is 0 Å². The Hall–Kier alpha value is -1.44. The zero-order valence-electron chi connectivity index (χ0n) is 12.7. The number of carbonyl (C=O) groups excluding carboxylic acids is 1. The van der Waals surface area contributed by atoms with Crippen LogP contribution in [-0.2, 0) is 9.53 Å². The van der Waals surface area contributed by atoms with Crippen LogP contribution in [0.2, 0.25) is 0 Å². The quantitative estimate of drug-likeness (QED) is 0.401. The maximum absolute atomic E-state index is 11.5. The van der Waals surface area contributed by atoms with Crippen LogP contribution in [0, 0.1) is 11.3 Å². The maximum Gasteiger partial charge on any atom is 0.305 e. The summed E-state index contributed by atoms with van der Waals surface area (Å²) in [6, 6.07) is 2.11. The molecule has 0 radical (unpaired) electrons. The molecule has 0 N–H and O–H groups in total. The summed E-state index contributed by atoms with van der Waals surface area (Å²) in [4.78, 5) is 11.5. The average Bonchev–Trinajstić information content (AvgIpc) is 2.33. The molecule has 0 rings (SSSR count). The lowest BCUT2D eigenvalue weighted by Gasteiger charge is -2.17. The van der Waals surface area contributed by atoms with Gasteiger partial charge in [-0.2, -0.15) is 15.5 Å². The van der Waals surface area contributed by atoms with Crippen LogP contribution in [0.25, 0.3) is 0 Å². The van der Waals surface area contributed by atoms with Crippen LogP contribution in [0.15, 0.2) is 10.2 Å². The molecule has 19 heavy (non-hydrogen) atoms. The van der Waals surface area contributed by atoms with Crippen molar-refractivity contribution in [2.75, 3.05) is 6.61 Å². The zero-order valence-corrected chi connectivity index (χ0v) is 12.7. The maximum atomic E-state index is 11.5. The summed E-state index contributed by atoms with van der Waals surface area (Å²) in [5.41, 5.74) is -1.28. The van der Waals surface area contributed by atoms with E-state index < -0.39 is 5.54 Å². The third-order valence-electron chi connectivity index (χ3n) is 2.39. The first kappa shape index (κ1) is 17.6. The Balaban J connectivity index is 4.30. The Kier molecular flexibility index (Phi) is 7.28. The van der Waals surface area contributed by atoms with E-state index in [0.717, 1.165) is 12.8 Å². The fourth-order valence-corrected chi connectivity index (χ4v) is 1.14. The molecule has 0 aliphatic rings. The standard InChI is InChI=1S/C14H25N3O2/c1-6-7-10-19-12(18)8-9-14(5,11-15)17-16-13(2,3)4/h6-10H2,1-5H3/b17-16+.